The van der Waals surface area contributed by atoms with Crippen molar-refractivity contribution in [2.75, 3.05) is 38.7 Å². The number of fused-ring (bicyclic) bond motifs is 1. The predicted octanol–water partition coefficient (Wildman–Crippen LogP) is 4.95. The highest BCUT2D eigenvalue weighted by Gasteiger charge is 2.29. The standard InChI is InChI=1S/C28H27N3O5S2/c1-19-3-10-23-25(17-19)37-28(30-23)21-6-8-22(9-7-21)29-27(32)12-5-20-4-11-24(35-2)26(18-20)38(33,34)31-13-15-36-16-14-31/h3-12,17-18H,13-16H2,1-2H3,(H,29,32)/b12-5+. The van der Waals surface area contributed by atoms with Crippen LogP contribution in [0.2, 0.25) is 0 Å². The van der Waals surface area contributed by atoms with E-state index in [1.165, 1.54) is 29.1 Å². The minimum absolute atomic E-state index is 0.0602. The van der Waals surface area contributed by atoms with Crippen LogP contribution < -0.4 is 10.1 Å². The molecule has 1 aliphatic rings. The van der Waals surface area contributed by atoms with Crippen LogP contribution in [0.1, 0.15) is 11.1 Å². The van der Waals surface area contributed by atoms with Gasteiger partial charge in [0.15, 0.2) is 0 Å². The quantitative estimate of drug-likeness (QED) is 0.328. The molecular formula is C28H27N3O5S2. The molecule has 0 unspecified atom stereocenters. The second kappa shape index (κ2) is 11.0. The molecule has 0 bridgehead atoms. The molecule has 0 radical (unpaired) electrons. The van der Waals surface area contributed by atoms with Gasteiger partial charge in [0, 0.05) is 30.4 Å². The summed E-state index contributed by atoms with van der Waals surface area (Å²) in [6.45, 7) is 3.33. The molecule has 0 atom stereocenters. The summed E-state index contributed by atoms with van der Waals surface area (Å²) in [5.41, 5.74) is 4.35. The number of methoxy groups -OCH3 is 1. The summed E-state index contributed by atoms with van der Waals surface area (Å²) < 4.78 is 39.5. The Balaban J connectivity index is 1.28. The summed E-state index contributed by atoms with van der Waals surface area (Å²) in [4.78, 5) is 17.3. The highest BCUT2D eigenvalue weighted by atomic mass is 32.2. The smallest absolute Gasteiger partial charge is 0.248 e. The number of rotatable bonds is 7. The van der Waals surface area contributed by atoms with E-state index in [0.717, 1.165) is 20.8 Å². The van der Waals surface area contributed by atoms with Crippen molar-refractivity contribution in [1.29, 1.82) is 0 Å². The zero-order valence-electron chi connectivity index (χ0n) is 21.0. The molecule has 0 spiro atoms. The maximum atomic E-state index is 13.2. The third-order valence-electron chi connectivity index (χ3n) is 6.15. The Labute approximate surface area is 225 Å². The van der Waals surface area contributed by atoms with Crippen molar-refractivity contribution in [3.05, 3.63) is 77.9 Å². The molecule has 5 rings (SSSR count). The zero-order chi connectivity index (χ0) is 26.7. The van der Waals surface area contributed by atoms with Gasteiger partial charge in [0.2, 0.25) is 15.9 Å². The fourth-order valence-electron chi connectivity index (χ4n) is 4.13. The van der Waals surface area contributed by atoms with E-state index >= 15 is 0 Å². The van der Waals surface area contributed by atoms with Crippen LogP contribution in [0.4, 0.5) is 5.69 Å². The van der Waals surface area contributed by atoms with E-state index in [1.54, 1.807) is 29.5 Å². The number of hydrogen-bond acceptors (Lipinski definition) is 7. The lowest BCUT2D eigenvalue weighted by atomic mass is 10.2. The van der Waals surface area contributed by atoms with Gasteiger partial charge in [-0.2, -0.15) is 4.31 Å². The van der Waals surface area contributed by atoms with E-state index < -0.39 is 10.0 Å². The van der Waals surface area contributed by atoms with Gasteiger partial charge in [0.25, 0.3) is 0 Å². The lowest BCUT2D eigenvalue weighted by molar-refractivity contribution is -0.111. The average molecular weight is 550 g/mol. The van der Waals surface area contributed by atoms with Gasteiger partial charge in [-0.1, -0.05) is 12.1 Å². The van der Waals surface area contributed by atoms with Gasteiger partial charge in [-0.15, -0.1) is 11.3 Å². The van der Waals surface area contributed by atoms with Gasteiger partial charge >= 0.3 is 0 Å². The first kappa shape index (κ1) is 26.1. The van der Waals surface area contributed by atoms with Gasteiger partial charge in [0.05, 0.1) is 30.5 Å². The van der Waals surface area contributed by atoms with Crippen LogP contribution in [-0.4, -0.2) is 57.0 Å². The topological polar surface area (TPSA) is 97.8 Å². The molecule has 1 N–H and O–H groups in total. The van der Waals surface area contributed by atoms with E-state index in [2.05, 4.69) is 18.3 Å². The average Bonchev–Trinajstić information content (AvgIpc) is 3.36. The molecule has 8 nitrogen and oxygen atoms in total. The molecule has 0 aliphatic carbocycles. The van der Waals surface area contributed by atoms with E-state index in [9.17, 15) is 13.2 Å². The number of aryl methyl sites for hydroxylation is 1. The van der Waals surface area contributed by atoms with Crippen molar-refractivity contribution in [1.82, 2.24) is 9.29 Å². The SMILES string of the molecule is COc1ccc(/C=C/C(=O)Nc2ccc(-c3nc4ccc(C)cc4s3)cc2)cc1S(=O)(=O)N1CCOCC1. The lowest BCUT2D eigenvalue weighted by Crippen LogP contribution is -2.40. The van der Waals surface area contributed by atoms with Gasteiger partial charge in [-0.25, -0.2) is 13.4 Å². The number of nitrogens with zero attached hydrogens (tertiary/aromatic N) is 2. The minimum atomic E-state index is -3.76. The number of carbonyl (C=O) groups excluding carboxylic acids is 1. The molecule has 3 aromatic carbocycles. The number of anilines is 1. The summed E-state index contributed by atoms with van der Waals surface area (Å²) in [5, 5.41) is 3.76. The van der Waals surface area contributed by atoms with Crippen molar-refractivity contribution >= 4 is 49.2 Å². The number of amides is 1. The van der Waals surface area contributed by atoms with Crippen molar-refractivity contribution in [3.63, 3.8) is 0 Å². The normalized spacial score (nSPS) is 14.7. The van der Waals surface area contributed by atoms with E-state index in [1.807, 2.05) is 36.4 Å². The number of sulfonamides is 1. The van der Waals surface area contributed by atoms with Crippen LogP contribution in [0, 0.1) is 6.92 Å². The van der Waals surface area contributed by atoms with Crippen LogP contribution in [0.25, 0.3) is 26.9 Å². The van der Waals surface area contributed by atoms with E-state index in [0.29, 0.717) is 24.5 Å². The molecule has 0 saturated carbocycles. The second-order valence-electron chi connectivity index (χ2n) is 8.82. The molecule has 2 heterocycles. The third kappa shape index (κ3) is 5.63. The van der Waals surface area contributed by atoms with Crippen molar-refractivity contribution in [2.45, 2.75) is 11.8 Å². The third-order valence-corrected chi connectivity index (χ3v) is 9.13. The molecule has 1 amide bonds. The Hall–Kier alpha value is -3.57. The van der Waals surface area contributed by atoms with E-state index in [4.69, 9.17) is 14.5 Å². The number of morpholine rings is 1. The second-order valence-corrected chi connectivity index (χ2v) is 11.8. The molecule has 1 fully saturated rings. The van der Waals surface area contributed by atoms with Gasteiger partial charge in [-0.05, 0) is 72.7 Å². The van der Waals surface area contributed by atoms with Crippen LogP contribution >= 0.6 is 11.3 Å². The van der Waals surface area contributed by atoms with Crippen molar-refractivity contribution < 1.29 is 22.7 Å². The first-order chi connectivity index (χ1) is 18.3. The number of thiazole rings is 1. The predicted molar refractivity (Wildman–Crippen MR) is 150 cm³/mol. The Morgan fingerprint density at radius 3 is 2.58 bits per heavy atom. The largest absolute Gasteiger partial charge is 0.495 e. The zero-order valence-corrected chi connectivity index (χ0v) is 22.6. The summed E-state index contributed by atoms with van der Waals surface area (Å²) in [7, 11) is -2.33. The summed E-state index contributed by atoms with van der Waals surface area (Å²) in [5.74, 6) is -0.0805. The molecule has 1 saturated heterocycles. The maximum absolute atomic E-state index is 13.2. The highest BCUT2D eigenvalue weighted by molar-refractivity contribution is 7.89. The Bertz CT molecular complexity index is 1610. The minimum Gasteiger partial charge on any atom is -0.495 e. The number of benzene rings is 3. The molecule has 196 valence electrons. The number of carbonyl (C=O) groups is 1. The molecule has 10 heteroatoms. The highest BCUT2D eigenvalue weighted by Crippen LogP contribution is 2.32. The van der Waals surface area contributed by atoms with Crippen molar-refractivity contribution in [3.8, 4) is 16.3 Å². The maximum Gasteiger partial charge on any atom is 0.248 e. The summed E-state index contributed by atoms with van der Waals surface area (Å²) in [6.07, 6.45) is 2.95. The fourth-order valence-corrected chi connectivity index (χ4v) is 6.80. The Kier molecular flexibility index (Phi) is 7.57. The monoisotopic (exact) mass is 549 g/mol. The van der Waals surface area contributed by atoms with Crippen LogP contribution in [0.3, 0.4) is 0 Å². The number of ether oxygens (including phenoxy) is 2. The fraction of sp³-hybridized carbons (Fsp3) is 0.214. The van der Waals surface area contributed by atoms with Gasteiger partial charge < -0.3 is 14.8 Å². The Morgan fingerprint density at radius 2 is 1.84 bits per heavy atom. The summed E-state index contributed by atoms with van der Waals surface area (Å²) >= 11 is 1.63. The van der Waals surface area contributed by atoms with Gasteiger partial charge in [0.1, 0.15) is 15.7 Å². The van der Waals surface area contributed by atoms with Crippen LogP contribution in [0.5, 0.6) is 5.75 Å². The molecular weight excluding hydrogens is 522 g/mol. The number of aromatic nitrogens is 1. The van der Waals surface area contributed by atoms with E-state index in [-0.39, 0.29) is 29.6 Å². The molecule has 38 heavy (non-hydrogen) atoms. The molecule has 4 aromatic rings. The summed E-state index contributed by atoms with van der Waals surface area (Å²) in [6, 6.07) is 18.5. The van der Waals surface area contributed by atoms with Crippen LogP contribution in [-0.2, 0) is 19.6 Å². The van der Waals surface area contributed by atoms with Crippen molar-refractivity contribution in [2.24, 2.45) is 0 Å². The number of nitrogens with one attached hydrogen (secondary N) is 1. The first-order valence-corrected chi connectivity index (χ1v) is 14.3. The molecule has 1 aliphatic heterocycles. The van der Waals surface area contributed by atoms with Gasteiger partial charge in [-0.3, -0.25) is 4.79 Å². The lowest BCUT2D eigenvalue weighted by Gasteiger charge is -2.26. The van der Waals surface area contributed by atoms with Crippen LogP contribution in [0.15, 0.2) is 71.6 Å². The first-order valence-electron chi connectivity index (χ1n) is 12.1. The Morgan fingerprint density at radius 1 is 1.08 bits per heavy atom. The molecule has 1 aromatic heterocycles. The number of hydrogen-bond donors (Lipinski definition) is 1.